The maximum Gasteiger partial charge on any atom is 0.244 e. The summed E-state index contributed by atoms with van der Waals surface area (Å²) < 4.78 is 25.8. The zero-order chi connectivity index (χ0) is 15.5. The molecular weight excluding hydrogens is 286 g/mol. The van der Waals surface area contributed by atoms with Crippen LogP contribution in [0.25, 0.3) is 0 Å². The first-order chi connectivity index (χ1) is 9.91. The number of pyridine rings is 1. The van der Waals surface area contributed by atoms with Crippen LogP contribution in [0.15, 0.2) is 47.5 Å². The topological polar surface area (TPSA) is 62.3 Å². The molecular formula is C15H19N3O2S. The van der Waals surface area contributed by atoms with Crippen molar-refractivity contribution < 1.29 is 8.42 Å². The maximum atomic E-state index is 12.3. The van der Waals surface area contributed by atoms with Gasteiger partial charge in [-0.2, -0.15) is 0 Å². The van der Waals surface area contributed by atoms with Crippen molar-refractivity contribution in [1.29, 1.82) is 0 Å². The summed E-state index contributed by atoms with van der Waals surface area (Å²) in [5.41, 5.74) is 2.54. The molecule has 0 bridgehead atoms. The summed E-state index contributed by atoms with van der Waals surface area (Å²) in [6.07, 6.45) is 1.78. The normalized spacial score (nSPS) is 11.6. The average molecular weight is 305 g/mol. The second-order valence-corrected chi connectivity index (χ2v) is 7.07. The predicted octanol–water partition coefficient (Wildman–Crippen LogP) is 2.25. The van der Waals surface area contributed by atoms with Gasteiger partial charge in [0.05, 0.1) is 5.69 Å². The van der Waals surface area contributed by atoms with Gasteiger partial charge in [0.1, 0.15) is 4.90 Å². The van der Waals surface area contributed by atoms with E-state index in [-0.39, 0.29) is 4.90 Å². The highest BCUT2D eigenvalue weighted by molar-refractivity contribution is 7.89. The first kappa shape index (κ1) is 15.5. The molecule has 0 fully saturated rings. The molecule has 0 aliphatic heterocycles. The molecule has 0 atom stereocenters. The van der Waals surface area contributed by atoms with Gasteiger partial charge in [-0.1, -0.05) is 18.2 Å². The molecule has 2 rings (SSSR count). The third-order valence-corrected chi connectivity index (χ3v) is 4.97. The number of aryl methyl sites for hydroxylation is 1. The number of hydrogen-bond donors (Lipinski definition) is 1. The van der Waals surface area contributed by atoms with Crippen molar-refractivity contribution in [1.82, 2.24) is 9.29 Å². The highest BCUT2D eigenvalue weighted by atomic mass is 32.2. The number of sulfonamides is 1. The largest absolute Gasteiger partial charge is 0.380 e. The van der Waals surface area contributed by atoms with Gasteiger partial charge in [0.2, 0.25) is 10.0 Å². The fourth-order valence-electron chi connectivity index (χ4n) is 1.83. The maximum absolute atomic E-state index is 12.3. The molecule has 112 valence electrons. The van der Waals surface area contributed by atoms with Crippen LogP contribution in [0, 0.1) is 6.92 Å². The molecule has 1 heterocycles. The standard InChI is InChI=1S/C15H19N3O2S/c1-12-8-9-13(10-16-12)11-17-14-6-4-5-7-15(14)21(19,20)18(2)3/h4-10,17H,11H2,1-3H3. The van der Waals surface area contributed by atoms with Crippen molar-refractivity contribution in [2.45, 2.75) is 18.4 Å². The van der Waals surface area contributed by atoms with Gasteiger partial charge >= 0.3 is 0 Å². The van der Waals surface area contributed by atoms with Crippen molar-refractivity contribution in [3.8, 4) is 0 Å². The molecule has 1 aromatic heterocycles. The van der Waals surface area contributed by atoms with Gasteiger partial charge in [0.25, 0.3) is 0 Å². The summed E-state index contributed by atoms with van der Waals surface area (Å²) >= 11 is 0. The van der Waals surface area contributed by atoms with Crippen LogP contribution in [-0.2, 0) is 16.6 Å². The average Bonchev–Trinajstić information content (AvgIpc) is 2.47. The number of aromatic nitrogens is 1. The number of benzene rings is 1. The third-order valence-electron chi connectivity index (χ3n) is 3.10. The van der Waals surface area contributed by atoms with Gasteiger partial charge in [0, 0.05) is 32.5 Å². The molecule has 0 unspecified atom stereocenters. The Kier molecular flexibility index (Phi) is 4.59. The zero-order valence-electron chi connectivity index (χ0n) is 12.4. The molecule has 0 spiro atoms. The highest BCUT2D eigenvalue weighted by Gasteiger charge is 2.20. The summed E-state index contributed by atoms with van der Waals surface area (Å²) in [6.45, 7) is 2.45. The van der Waals surface area contributed by atoms with Gasteiger partial charge in [-0.15, -0.1) is 0 Å². The predicted molar refractivity (Wildman–Crippen MR) is 83.6 cm³/mol. The van der Waals surface area contributed by atoms with Gasteiger partial charge in [-0.3, -0.25) is 4.98 Å². The minimum absolute atomic E-state index is 0.273. The van der Waals surface area contributed by atoms with Crippen LogP contribution in [0.1, 0.15) is 11.3 Å². The van der Waals surface area contributed by atoms with E-state index in [1.807, 2.05) is 25.1 Å². The van der Waals surface area contributed by atoms with Gasteiger partial charge in [-0.05, 0) is 30.7 Å². The quantitative estimate of drug-likeness (QED) is 0.920. The minimum atomic E-state index is -3.46. The Hall–Kier alpha value is -1.92. The monoisotopic (exact) mass is 305 g/mol. The fourth-order valence-corrected chi connectivity index (χ4v) is 2.90. The smallest absolute Gasteiger partial charge is 0.244 e. The summed E-state index contributed by atoms with van der Waals surface area (Å²) in [6, 6.07) is 10.8. The Morgan fingerprint density at radius 3 is 2.48 bits per heavy atom. The molecule has 0 amide bonds. The molecule has 1 N–H and O–H groups in total. The van der Waals surface area contributed by atoms with Crippen LogP contribution in [0.2, 0.25) is 0 Å². The van der Waals surface area contributed by atoms with E-state index in [2.05, 4.69) is 10.3 Å². The molecule has 0 aliphatic carbocycles. The SMILES string of the molecule is Cc1ccc(CNc2ccccc2S(=O)(=O)N(C)C)cn1. The van der Waals surface area contributed by atoms with Crippen LogP contribution in [0.3, 0.4) is 0 Å². The lowest BCUT2D eigenvalue weighted by atomic mass is 10.2. The number of nitrogens with one attached hydrogen (secondary N) is 1. The van der Waals surface area contributed by atoms with Crippen LogP contribution in [-0.4, -0.2) is 31.8 Å². The number of hydrogen-bond acceptors (Lipinski definition) is 4. The van der Waals surface area contributed by atoms with Crippen LogP contribution in [0.4, 0.5) is 5.69 Å². The van der Waals surface area contributed by atoms with Gasteiger partial charge < -0.3 is 5.32 Å². The Morgan fingerprint density at radius 1 is 1.14 bits per heavy atom. The van der Waals surface area contributed by atoms with Crippen molar-refractivity contribution in [2.75, 3.05) is 19.4 Å². The van der Waals surface area contributed by atoms with Gasteiger partial charge in [-0.25, -0.2) is 12.7 Å². The molecule has 0 aliphatic rings. The third kappa shape index (κ3) is 3.59. The van der Waals surface area contributed by atoms with E-state index in [1.165, 1.54) is 18.4 Å². The van der Waals surface area contributed by atoms with E-state index in [9.17, 15) is 8.42 Å². The summed E-state index contributed by atoms with van der Waals surface area (Å²) in [7, 11) is -0.416. The minimum Gasteiger partial charge on any atom is -0.380 e. The molecule has 1 aromatic carbocycles. The van der Waals surface area contributed by atoms with Crippen LogP contribution < -0.4 is 5.32 Å². The van der Waals surface area contributed by atoms with E-state index in [0.29, 0.717) is 12.2 Å². The number of rotatable bonds is 5. The summed E-state index contributed by atoms with van der Waals surface area (Å²) in [5, 5.41) is 3.16. The zero-order valence-corrected chi connectivity index (χ0v) is 13.2. The van der Waals surface area contributed by atoms with Gasteiger partial charge in [0.15, 0.2) is 0 Å². The van der Waals surface area contributed by atoms with Crippen LogP contribution >= 0.6 is 0 Å². The lowest BCUT2D eigenvalue weighted by Gasteiger charge is -2.16. The Labute approximate surface area is 125 Å². The lowest BCUT2D eigenvalue weighted by Crippen LogP contribution is -2.23. The molecule has 6 heteroatoms. The first-order valence-electron chi connectivity index (χ1n) is 6.58. The number of nitrogens with zero attached hydrogens (tertiary/aromatic N) is 2. The Bertz CT molecular complexity index is 710. The Balaban J connectivity index is 2.23. The fraction of sp³-hybridized carbons (Fsp3) is 0.267. The van der Waals surface area contributed by atoms with E-state index in [0.717, 1.165) is 11.3 Å². The molecule has 5 nitrogen and oxygen atoms in total. The number of para-hydroxylation sites is 1. The molecule has 0 saturated carbocycles. The van der Waals surface area contributed by atoms with E-state index < -0.39 is 10.0 Å². The summed E-state index contributed by atoms with van der Waals surface area (Å²) in [4.78, 5) is 4.50. The molecule has 21 heavy (non-hydrogen) atoms. The molecule has 0 radical (unpaired) electrons. The van der Waals surface area contributed by atoms with E-state index in [4.69, 9.17) is 0 Å². The Morgan fingerprint density at radius 2 is 1.86 bits per heavy atom. The van der Waals surface area contributed by atoms with Crippen molar-refractivity contribution >= 4 is 15.7 Å². The van der Waals surface area contributed by atoms with Crippen molar-refractivity contribution in [3.63, 3.8) is 0 Å². The second-order valence-electron chi connectivity index (χ2n) is 4.94. The molecule has 0 saturated heterocycles. The second kappa shape index (κ2) is 6.24. The van der Waals surface area contributed by atoms with E-state index >= 15 is 0 Å². The van der Waals surface area contributed by atoms with E-state index in [1.54, 1.807) is 24.4 Å². The first-order valence-corrected chi connectivity index (χ1v) is 8.02. The van der Waals surface area contributed by atoms with Crippen LogP contribution in [0.5, 0.6) is 0 Å². The van der Waals surface area contributed by atoms with Crippen molar-refractivity contribution in [3.05, 3.63) is 53.9 Å². The van der Waals surface area contributed by atoms with Crippen molar-refractivity contribution in [2.24, 2.45) is 0 Å². The molecule has 2 aromatic rings. The number of anilines is 1. The summed E-state index contributed by atoms with van der Waals surface area (Å²) in [5.74, 6) is 0. The highest BCUT2D eigenvalue weighted by Crippen LogP contribution is 2.23. The lowest BCUT2D eigenvalue weighted by molar-refractivity contribution is 0.521.